The lowest BCUT2D eigenvalue weighted by molar-refractivity contribution is 0.0786. The smallest absolute Gasteiger partial charge is 0.250 e. The third-order valence-corrected chi connectivity index (χ3v) is 3.19. The van der Waals surface area contributed by atoms with Gasteiger partial charge in [0.1, 0.15) is 0 Å². The molecule has 0 saturated carbocycles. The Morgan fingerprint density at radius 3 is 2.45 bits per heavy atom. The molecular formula is C16H18N2O2. The van der Waals surface area contributed by atoms with Crippen LogP contribution in [0.4, 0.5) is 0 Å². The number of nitrogens with two attached hydrogens (primary N) is 1. The lowest BCUT2D eigenvalue weighted by Crippen LogP contribution is -2.16. The normalized spacial score (nSPS) is 11.3. The Morgan fingerprint density at radius 1 is 1.25 bits per heavy atom. The lowest BCUT2D eigenvalue weighted by Gasteiger charge is -2.17. The van der Waals surface area contributed by atoms with Gasteiger partial charge in [0, 0.05) is 12.6 Å². The van der Waals surface area contributed by atoms with E-state index in [1.807, 2.05) is 24.3 Å². The van der Waals surface area contributed by atoms with E-state index in [2.05, 4.69) is 4.98 Å². The second-order valence-electron chi connectivity index (χ2n) is 5.29. The Hall–Kier alpha value is -2.20. The number of aromatic nitrogens is 1. The molecule has 0 saturated heterocycles. The number of rotatable bonds is 4. The summed E-state index contributed by atoms with van der Waals surface area (Å²) in [6, 6.07) is 11.0. The number of carbonyl (C=O) groups is 1. The van der Waals surface area contributed by atoms with E-state index in [4.69, 9.17) is 5.73 Å². The van der Waals surface area contributed by atoms with Crippen molar-refractivity contribution < 1.29 is 9.90 Å². The summed E-state index contributed by atoms with van der Waals surface area (Å²) in [5, 5.41) is 9.91. The van der Waals surface area contributed by atoms with E-state index in [0.29, 0.717) is 17.7 Å². The van der Waals surface area contributed by atoms with Crippen molar-refractivity contribution in [1.29, 1.82) is 0 Å². The largest absolute Gasteiger partial charge is 0.386 e. The van der Waals surface area contributed by atoms with E-state index in [1.165, 1.54) is 0 Å². The number of benzene rings is 1. The highest BCUT2D eigenvalue weighted by molar-refractivity contribution is 5.93. The maximum absolute atomic E-state index is 11.3. The second-order valence-corrected chi connectivity index (χ2v) is 5.29. The van der Waals surface area contributed by atoms with E-state index >= 15 is 0 Å². The molecule has 1 heterocycles. The third kappa shape index (κ3) is 3.22. The zero-order valence-electron chi connectivity index (χ0n) is 11.6. The predicted molar refractivity (Wildman–Crippen MR) is 77.2 cm³/mol. The molecular weight excluding hydrogens is 252 g/mol. The number of carbonyl (C=O) groups excluding carboxylic acids is 1. The molecule has 0 spiro atoms. The molecule has 0 aliphatic rings. The fourth-order valence-corrected chi connectivity index (χ4v) is 2.03. The minimum Gasteiger partial charge on any atom is -0.386 e. The fraction of sp³-hybridized carbons (Fsp3) is 0.250. The van der Waals surface area contributed by atoms with Crippen molar-refractivity contribution in [3.05, 3.63) is 65.0 Å². The molecule has 0 radical (unpaired) electrons. The molecule has 2 rings (SSSR count). The standard InChI is InChI=1S/C16H18N2O2/c1-16(2,20)12-7-5-11(6-8-12)10-14-13(15(17)19)4-3-9-18-14/h3-9,20H,10H2,1-2H3,(H2,17,19). The van der Waals surface area contributed by atoms with E-state index in [1.54, 1.807) is 32.2 Å². The number of aliphatic hydroxyl groups is 1. The van der Waals surface area contributed by atoms with Gasteiger partial charge in [0.2, 0.25) is 0 Å². The van der Waals surface area contributed by atoms with Gasteiger partial charge in [0.25, 0.3) is 5.91 Å². The molecule has 4 nitrogen and oxygen atoms in total. The van der Waals surface area contributed by atoms with Crippen LogP contribution in [0.5, 0.6) is 0 Å². The molecule has 0 fully saturated rings. The van der Waals surface area contributed by atoms with E-state index < -0.39 is 11.5 Å². The molecule has 3 N–H and O–H groups in total. The van der Waals surface area contributed by atoms with Crippen molar-refractivity contribution in [2.24, 2.45) is 5.73 Å². The van der Waals surface area contributed by atoms with E-state index in [0.717, 1.165) is 11.1 Å². The molecule has 104 valence electrons. The van der Waals surface area contributed by atoms with E-state index in [9.17, 15) is 9.90 Å². The highest BCUT2D eigenvalue weighted by atomic mass is 16.3. The minimum absolute atomic E-state index is 0.444. The summed E-state index contributed by atoms with van der Waals surface area (Å²) < 4.78 is 0. The van der Waals surface area contributed by atoms with Crippen LogP contribution in [0.25, 0.3) is 0 Å². The summed E-state index contributed by atoms with van der Waals surface area (Å²) in [6.07, 6.45) is 2.18. The van der Waals surface area contributed by atoms with E-state index in [-0.39, 0.29) is 0 Å². The van der Waals surface area contributed by atoms with Crippen molar-refractivity contribution in [3.8, 4) is 0 Å². The molecule has 1 aromatic heterocycles. The quantitative estimate of drug-likeness (QED) is 0.892. The maximum atomic E-state index is 11.3. The summed E-state index contributed by atoms with van der Waals surface area (Å²) in [5.41, 5.74) is 7.44. The van der Waals surface area contributed by atoms with Gasteiger partial charge in [-0.15, -0.1) is 0 Å². The Balaban J connectivity index is 2.25. The summed E-state index contributed by atoms with van der Waals surface area (Å²) in [4.78, 5) is 15.6. The van der Waals surface area contributed by atoms with Gasteiger partial charge in [-0.1, -0.05) is 24.3 Å². The van der Waals surface area contributed by atoms with Gasteiger partial charge in [-0.05, 0) is 37.1 Å². The number of nitrogens with zero attached hydrogens (tertiary/aromatic N) is 1. The van der Waals surface area contributed by atoms with Gasteiger partial charge >= 0.3 is 0 Å². The van der Waals surface area contributed by atoms with Crippen molar-refractivity contribution in [2.45, 2.75) is 25.9 Å². The van der Waals surface area contributed by atoms with Crippen LogP contribution in [0.3, 0.4) is 0 Å². The zero-order chi connectivity index (χ0) is 14.8. The first-order valence-electron chi connectivity index (χ1n) is 6.43. The van der Waals surface area contributed by atoms with Gasteiger partial charge in [-0.25, -0.2) is 0 Å². The monoisotopic (exact) mass is 270 g/mol. The first-order chi connectivity index (χ1) is 9.38. The Kier molecular flexibility index (Phi) is 3.86. The first kappa shape index (κ1) is 14.2. The van der Waals surface area contributed by atoms with Crippen LogP contribution >= 0.6 is 0 Å². The van der Waals surface area contributed by atoms with Crippen molar-refractivity contribution >= 4 is 5.91 Å². The SMILES string of the molecule is CC(C)(O)c1ccc(Cc2ncccc2C(N)=O)cc1. The van der Waals surface area contributed by atoms with Crippen molar-refractivity contribution in [3.63, 3.8) is 0 Å². The van der Waals surface area contributed by atoms with Crippen LogP contribution < -0.4 is 5.73 Å². The topological polar surface area (TPSA) is 76.2 Å². The van der Waals surface area contributed by atoms with Crippen LogP contribution in [0.1, 0.15) is 41.0 Å². The first-order valence-corrected chi connectivity index (χ1v) is 6.43. The third-order valence-electron chi connectivity index (χ3n) is 3.19. The van der Waals surface area contributed by atoms with Crippen LogP contribution in [-0.2, 0) is 12.0 Å². The maximum Gasteiger partial charge on any atom is 0.250 e. The molecule has 0 aliphatic heterocycles. The summed E-state index contributed by atoms with van der Waals surface area (Å²) in [7, 11) is 0. The number of amides is 1. The predicted octanol–water partition coefficient (Wildman–Crippen LogP) is 2.00. The van der Waals surface area contributed by atoms with Gasteiger partial charge in [-0.2, -0.15) is 0 Å². The van der Waals surface area contributed by atoms with Crippen molar-refractivity contribution in [1.82, 2.24) is 4.98 Å². The van der Waals surface area contributed by atoms with Gasteiger partial charge in [0.05, 0.1) is 16.9 Å². The van der Waals surface area contributed by atoms with Crippen LogP contribution in [0.15, 0.2) is 42.6 Å². The summed E-state index contributed by atoms with van der Waals surface area (Å²) >= 11 is 0. The Morgan fingerprint density at radius 2 is 1.90 bits per heavy atom. The molecule has 1 amide bonds. The molecule has 1 aromatic carbocycles. The van der Waals surface area contributed by atoms with Crippen LogP contribution in [0.2, 0.25) is 0 Å². The fourth-order valence-electron chi connectivity index (χ4n) is 2.03. The van der Waals surface area contributed by atoms with Gasteiger partial charge in [0.15, 0.2) is 0 Å². The molecule has 2 aromatic rings. The molecule has 4 heteroatoms. The summed E-state index contributed by atoms with van der Waals surface area (Å²) in [6.45, 7) is 3.48. The average Bonchev–Trinajstić information content (AvgIpc) is 2.38. The number of hydrogen-bond donors (Lipinski definition) is 2. The highest BCUT2D eigenvalue weighted by Gasteiger charge is 2.15. The average molecular weight is 270 g/mol. The molecule has 20 heavy (non-hydrogen) atoms. The number of pyridine rings is 1. The Labute approximate surface area is 118 Å². The molecule has 0 bridgehead atoms. The van der Waals surface area contributed by atoms with Crippen LogP contribution in [-0.4, -0.2) is 16.0 Å². The molecule has 0 atom stereocenters. The minimum atomic E-state index is -0.859. The number of hydrogen-bond acceptors (Lipinski definition) is 3. The zero-order valence-corrected chi connectivity index (χ0v) is 11.6. The molecule has 0 aliphatic carbocycles. The summed E-state index contributed by atoms with van der Waals surface area (Å²) in [5.74, 6) is -0.471. The van der Waals surface area contributed by atoms with Gasteiger partial charge < -0.3 is 10.8 Å². The lowest BCUT2D eigenvalue weighted by atomic mass is 9.96. The van der Waals surface area contributed by atoms with Gasteiger partial charge in [-0.3, -0.25) is 9.78 Å². The molecule has 0 unspecified atom stereocenters. The van der Waals surface area contributed by atoms with Crippen LogP contribution in [0, 0.1) is 0 Å². The second kappa shape index (κ2) is 5.43. The Bertz CT molecular complexity index is 613. The highest BCUT2D eigenvalue weighted by Crippen LogP contribution is 2.21. The number of primary amides is 1. The van der Waals surface area contributed by atoms with Crippen molar-refractivity contribution in [2.75, 3.05) is 0 Å².